The highest BCUT2D eigenvalue weighted by atomic mass is 32.1. The lowest BCUT2D eigenvalue weighted by Gasteiger charge is -2.29. The minimum absolute atomic E-state index is 0.0242. The van der Waals surface area contributed by atoms with E-state index in [1.165, 1.54) is 0 Å². The molecule has 1 aromatic carbocycles. The minimum atomic E-state index is -0.0525. The maximum absolute atomic E-state index is 12.2. The quantitative estimate of drug-likeness (QED) is 0.705. The Hall–Kier alpha value is -1.90. The highest BCUT2D eigenvalue weighted by molar-refractivity contribution is 7.80. The lowest BCUT2D eigenvalue weighted by molar-refractivity contribution is -0.137. The van der Waals surface area contributed by atoms with E-state index in [1.807, 2.05) is 12.1 Å². The Balaban J connectivity index is 1.62. The predicted molar refractivity (Wildman–Crippen MR) is 100.0 cm³/mol. The first-order valence-corrected chi connectivity index (χ1v) is 9.13. The van der Waals surface area contributed by atoms with Gasteiger partial charge < -0.3 is 28.7 Å². The van der Waals surface area contributed by atoms with E-state index >= 15 is 0 Å². The molecule has 0 aliphatic carbocycles. The van der Waals surface area contributed by atoms with Crippen LogP contribution in [-0.4, -0.2) is 87.0 Å². The zero-order chi connectivity index (χ0) is 18.4. The van der Waals surface area contributed by atoms with E-state index in [1.54, 1.807) is 18.1 Å². The predicted octanol–water partition coefficient (Wildman–Crippen LogP) is 0.941. The Bertz CT molecular complexity index is 642. The van der Waals surface area contributed by atoms with Gasteiger partial charge in [-0.1, -0.05) is 12.2 Å². The van der Waals surface area contributed by atoms with Gasteiger partial charge in [0.05, 0.1) is 33.5 Å². The largest absolute Gasteiger partial charge is 0.493 e. The summed E-state index contributed by atoms with van der Waals surface area (Å²) in [4.78, 5) is 16.9. The molecule has 7 nitrogen and oxygen atoms in total. The topological polar surface area (TPSA) is 60.5 Å². The number of benzene rings is 1. The van der Waals surface area contributed by atoms with Gasteiger partial charge in [0, 0.05) is 31.7 Å². The van der Waals surface area contributed by atoms with Gasteiger partial charge in [0.2, 0.25) is 0 Å². The molecule has 2 aliphatic rings. The number of nitrogens with zero attached hydrogens (tertiary/aromatic N) is 2. The van der Waals surface area contributed by atoms with Gasteiger partial charge in [0.15, 0.2) is 18.1 Å². The molecule has 2 saturated heterocycles. The molecular weight excluding hydrogens is 356 g/mol. The van der Waals surface area contributed by atoms with Crippen LogP contribution in [0.1, 0.15) is 5.56 Å². The summed E-state index contributed by atoms with van der Waals surface area (Å²) in [6.07, 6.45) is 0. The Morgan fingerprint density at radius 3 is 2.27 bits per heavy atom. The second-order valence-electron chi connectivity index (χ2n) is 6.05. The third-order valence-electron chi connectivity index (χ3n) is 4.42. The van der Waals surface area contributed by atoms with Gasteiger partial charge in [-0.3, -0.25) is 4.79 Å². The number of rotatable bonds is 5. The van der Waals surface area contributed by atoms with Crippen LogP contribution in [0.15, 0.2) is 18.2 Å². The molecule has 0 spiro atoms. The van der Waals surface area contributed by atoms with E-state index < -0.39 is 0 Å². The molecule has 0 aromatic heterocycles. The van der Waals surface area contributed by atoms with Crippen LogP contribution in [0.5, 0.6) is 11.5 Å². The highest BCUT2D eigenvalue weighted by Crippen LogP contribution is 2.29. The van der Waals surface area contributed by atoms with Crippen molar-refractivity contribution < 1.29 is 23.7 Å². The first-order valence-electron chi connectivity index (χ1n) is 8.72. The van der Waals surface area contributed by atoms with E-state index in [-0.39, 0.29) is 12.5 Å². The van der Waals surface area contributed by atoms with Crippen LogP contribution < -0.4 is 9.47 Å². The number of hydrogen-bond acceptors (Lipinski definition) is 6. The zero-order valence-electron chi connectivity index (χ0n) is 14.9. The van der Waals surface area contributed by atoms with Gasteiger partial charge in [-0.2, -0.15) is 0 Å². The summed E-state index contributed by atoms with van der Waals surface area (Å²) < 4.78 is 21.7. The van der Waals surface area contributed by atoms with Crippen LogP contribution >= 0.6 is 12.2 Å². The number of carbonyl (C=O) groups excluding carboxylic acids is 1. The maximum Gasteiger partial charge on any atom is 0.260 e. The molecule has 2 fully saturated rings. The average molecular weight is 380 g/mol. The molecule has 2 aliphatic heterocycles. The van der Waals surface area contributed by atoms with Crippen molar-refractivity contribution in [2.75, 3.05) is 66.3 Å². The Morgan fingerprint density at radius 2 is 1.65 bits per heavy atom. The first-order chi connectivity index (χ1) is 12.7. The number of amides is 1. The van der Waals surface area contributed by atoms with Crippen LogP contribution in [0.3, 0.4) is 0 Å². The maximum atomic E-state index is 12.2. The van der Waals surface area contributed by atoms with Crippen molar-refractivity contribution in [1.82, 2.24) is 9.80 Å². The molecule has 26 heavy (non-hydrogen) atoms. The van der Waals surface area contributed by atoms with Crippen LogP contribution in [0, 0.1) is 0 Å². The van der Waals surface area contributed by atoms with Gasteiger partial charge >= 0.3 is 0 Å². The zero-order valence-corrected chi connectivity index (χ0v) is 15.8. The third-order valence-corrected chi connectivity index (χ3v) is 4.92. The number of morpholine rings is 2. The number of thiocarbonyl (C=S) groups is 1. The normalized spacial score (nSPS) is 17.7. The summed E-state index contributed by atoms with van der Waals surface area (Å²) in [5, 5.41) is 0. The number of hydrogen-bond donors (Lipinski definition) is 0. The first kappa shape index (κ1) is 18.9. The van der Waals surface area contributed by atoms with E-state index in [4.69, 9.17) is 31.2 Å². The molecule has 1 amide bonds. The molecule has 0 unspecified atom stereocenters. The van der Waals surface area contributed by atoms with Gasteiger partial charge in [-0.05, 0) is 18.2 Å². The molecule has 0 bridgehead atoms. The Kier molecular flexibility index (Phi) is 6.65. The Labute approximate surface area is 158 Å². The molecule has 142 valence electrons. The van der Waals surface area contributed by atoms with Crippen LogP contribution in [-0.2, 0) is 14.3 Å². The number of carbonyl (C=O) groups is 1. The average Bonchev–Trinajstić information content (AvgIpc) is 2.72. The smallest absolute Gasteiger partial charge is 0.260 e. The summed E-state index contributed by atoms with van der Waals surface area (Å²) in [6, 6.07) is 5.55. The van der Waals surface area contributed by atoms with Crippen molar-refractivity contribution >= 4 is 23.1 Å². The van der Waals surface area contributed by atoms with Crippen molar-refractivity contribution in [1.29, 1.82) is 0 Å². The summed E-state index contributed by atoms with van der Waals surface area (Å²) in [5.41, 5.74) is 0.894. The second-order valence-corrected chi connectivity index (χ2v) is 6.44. The molecular formula is C18H24N2O5S. The molecule has 0 atom stereocenters. The summed E-state index contributed by atoms with van der Waals surface area (Å²) >= 11 is 5.58. The van der Waals surface area contributed by atoms with Crippen molar-refractivity contribution in [3.63, 3.8) is 0 Å². The van der Waals surface area contributed by atoms with E-state index in [0.29, 0.717) is 51.0 Å². The van der Waals surface area contributed by atoms with E-state index in [9.17, 15) is 4.79 Å². The number of methoxy groups -OCH3 is 1. The standard InChI is InChI=1S/C18H24N2O5S/c1-22-16-12-14(18(26)20-6-10-24-11-7-20)2-3-15(16)25-13-17(21)19-4-8-23-9-5-19/h2-3,12H,4-11,13H2,1H3. The van der Waals surface area contributed by atoms with E-state index in [0.717, 1.165) is 23.6 Å². The van der Waals surface area contributed by atoms with Crippen LogP contribution in [0.2, 0.25) is 0 Å². The molecule has 1 aromatic rings. The lowest BCUT2D eigenvalue weighted by atomic mass is 10.1. The highest BCUT2D eigenvalue weighted by Gasteiger charge is 2.19. The monoisotopic (exact) mass is 380 g/mol. The number of ether oxygens (including phenoxy) is 4. The molecule has 8 heteroatoms. The fourth-order valence-electron chi connectivity index (χ4n) is 2.91. The Morgan fingerprint density at radius 1 is 1.04 bits per heavy atom. The van der Waals surface area contributed by atoms with Gasteiger partial charge in [0.1, 0.15) is 4.99 Å². The van der Waals surface area contributed by atoms with Crippen LogP contribution in [0.25, 0.3) is 0 Å². The molecule has 2 heterocycles. The van der Waals surface area contributed by atoms with Crippen molar-refractivity contribution in [3.8, 4) is 11.5 Å². The minimum Gasteiger partial charge on any atom is -0.493 e. The van der Waals surface area contributed by atoms with Crippen molar-refractivity contribution in [2.45, 2.75) is 0 Å². The summed E-state index contributed by atoms with van der Waals surface area (Å²) in [7, 11) is 1.58. The molecule has 3 rings (SSSR count). The molecule has 0 radical (unpaired) electrons. The summed E-state index contributed by atoms with van der Waals surface area (Å²) in [5.74, 6) is 1.04. The van der Waals surface area contributed by atoms with Gasteiger partial charge in [-0.25, -0.2) is 0 Å². The molecule has 0 N–H and O–H groups in total. The fraction of sp³-hybridized carbons (Fsp3) is 0.556. The summed E-state index contributed by atoms with van der Waals surface area (Å²) in [6.45, 7) is 5.26. The third kappa shape index (κ3) is 4.63. The van der Waals surface area contributed by atoms with Gasteiger partial charge in [0.25, 0.3) is 5.91 Å². The fourth-order valence-corrected chi connectivity index (χ4v) is 3.22. The van der Waals surface area contributed by atoms with Crippen LogP contribution in [0.4, 0.5) is 0 Å². The van der Waals surface area contributed by atoms with Crippen molar-refractivity contribution in [2.24, 2.45) is 0 Å². The van der Waals surface area contributed by atoms with E-state index in [2.05, 4.69) is 4.90 Å². The SMILES string of the molecule is COc1cc(C(=S)N2CCOCC2)ccc1OCC(=O)N1CCOCC1. The molecule has 0 saturated carbocycles. The lowest BCUT2D eigenvalue weighted by Crippen LogP contribution is -2.43. The van der Waals surface area contributed by atoms with Gasteiger partial charge in [-0.15, -0.1) is 0 Å². The van der Waals surface area contributed by atoms with Crippen molar-refractivity contribution in [3.05, 3.63) is 23.8 Å². The second kappa shape index (κ2) is 9.16.